The lowest BCUT2D eigenvalue weighted by Crippen LogP contribution is -2.73. The molecule has 1 saturated heterocycles. The summed E-state index contributed by atoms with van der Waals surface area (Å²) in [6.07, 6.45) is 10.1. The van der Waals surface area contributed by atoms with E-state index in [1.807, 2.05) is 0 Å². The van der Waals surface area contributed by atoms with E-state index < -0.39 is 0 Å². The fraction of sp³-hybridized carbons (Fsp3) is 0.367. The molecule has 11 rings (SSSR count). The second kappa shape index (κ2) is 14.3. The molecule has 0 saturated carbocycles. The number of quaternary nitrogens is 2. The average molecular weight is 789 g/mol. The summed E-state index contributed by atoms with van der Waals surface area (Å²) < 4.78 is 8.76. The summed E-state index contributed by atoms with van der Waals surface area (Å²) in [5, 5.41) is 7.70. The molecule has 302 valence electrons. The number of fused-ring (bicyclic) bond motifs is 2. The van der Waals surface area contributed by atoms with Gasteiger partial charge in [0.2, 0.25) is 13.2 Å². The molecular formula is C49H60N10+4. The zero-order valence-corrected chi connectivity index (χ0v) is 35.8. The number of nitrogens with one attached hydrogen (secondary N) is 1. The lowest BCUT2D eigenvalue weighted by atomic mass is 9.93. The maximum atomic E-state index is 5.33. The summed E-state index contributed by atoms with van der Waals surface area (Å²) in [4.78, 5) is 5.43. The number of hydrogen-bond acceptors (Lipinski definition) is 5. The first-order chi connectivity index (χ1) is 28.7. The molecule has 1 N–H and O–H groups in total. The predicted molar refractivity (Wildman–Crippen MR) is 232 cm³/mol. The van der Waals surface area contributed by atoms with Crippen molar-refractivity contribution < 1.29 is 18.3 Å². The summed E-state index contributed by atoms with van der Waals surface area (Å²) >= 11 is 0. The van der Waals surface area contributed by atoms with Gasteiger partial charge in [-0.1, -0.05) is 96.2 Å². The Morgan fingerprint density at radius 3 is 2.34 bits per heavy atom. The Bertz CT molecular complexity index is 2510. The van der Waals surface area contributed by atoms with Crippen molar-refractivity contribution in [3.05, 3.63) is 172 Å². The van der Waals surface area contributed by atoms with Gasteiger partial charge in [-0.3, -0.25) is 0 Å². The van der Waals surface area contributed by atoms with Gasteiger partial charge in [0.05, 0.1) is 23.0 Å². The van der Waals surface area contributed by atoms with Crippen molar-refractivity contribution in [3.8, 4) is 0 Å². The van der Waals surface area contributed by atoms with Gasteiger partial charge in [-0.15, -0.1) is 14.5 Å². The van der Waals surface area contributed by atoms with Crippen molar-refractivity contribution in [1.82, 2.24) is 25.3 Å². The molecule has 10 nitrogen and oxygen atoms in total. The number of para-hydroxylation sites is 1. The number of benzene rings is 3. The third kappa shape index (κ3) is 5.60. The van der Waals surface area contributed by atoms with Crippen LogP contribution in [0.5, 0.6) is 0 Å². The van der Waals surface area contributed by atoms with Gasteiger partial charge in [0, 0.05) is 43.8 Å². The van der Waals surface area contributed by atoms with Gasteiger partial charge in [-0.05, 0) is 62.9 Å². The van der Waals surface area contributed by atoms with E-state index in [1.165, 1.54) is 68.7 Å². The van der Waals surface area contributed by atoms with E-state index in [1.54, 1.807) is 0 Å². The summed E-state index contributed by atoms with van der Waals surface area (Å²) in [7, 11) is 2.13. The first-order valence-electron chi connectivity index (χ1n) is 21.6. The van der Waals surface area contributed by atoms with Crippen molar-refractivity contribution in [2.24, 2.45) is 7.05 Å². The summed E-state index contributed by atoms with van der Waals surface area (Å²) in [5.74, 6) is 0. The Morgan fingerprint density at radius 2 is 1.59 bits per heavy atom. The SMILES string of the molecule is C=C1Cc2c([n+](C)nn2Cc2ccccc2)C2=[N+](CC3N4CCCC[N+]56C[N+](C(C)=C5C)(/C1=C/C=C\C)C6c1ccccc1N3C(C)=C4C)N(Cc1ccccc1)NC2. The van der Waals surface area contributed by atoms with Crippen molar-refractivity contribution in [1.29, 1.82) is 0 Å². The number of nitrogens with zero attached hydrogens (tertiary/aromatic N) is 9. The van der Waals surface area contributed by atoms with E-state index in [0.29, 0.717) is 19.5 Å². The molecule has 1 fully saturated rings. The highest BCUT2D eigenvalue weighted by atomic mass is 15.8. The van der Waals surface area contributed by atoms with Crippen LogP contribution in [0.15, 0.2) is 144 Å². The maximum absolute atomic E-state index is 5.33. The lowest BCUT2D eigenvalue weighted by Gasteiger charge is -2.56. The van der Waals surface area contributed by atoms with Crippen LogP contribution >= 0.6 is 0 Å². The van der Waals surface area contributed by atoms with Crippen molar-refractivity contribution in [3.63, 3.8) is 0 Å². The first-order valence-corrected chi connectivity index (χ1v) is 21.6. The number of aromatic nitrogens is 3. The van der Waals surface area contributed by atoms with Gasteiger partial charge in [0.25, 0.3) is 17.6 Å². The Hall–Kier alpha value is -5.55. The number of anilines is 1. The van der Waals surface area contributed by atoms with Crippen LogP contribution in [0, 0.1) is 0 Å². The molecule has 4 aromatic rings. The maximum Gasteiger partial charge on any atom is 0.275 e. The Balaban J connectivity index is 1.26. The van der Waals surface area contributed by atoms with Gasteiger partial charge < -0.3 is 9.80 Å². The lowest BCUT2D eigenvalue weighted by molar-refractivity contribution is -1.24. The molecular weight excluding hydrogens is 729 g/mol. The fourth-order valence-corrected chi connectivity index (χ4v) is 11.6. The number of rotatable bonds is 5. The molecule has 1 aromatic heterocycles. The molecule has 2 spiro atoms. The molecule has 7 aliphatic heterocycles. The number of aryl methyl sites for hydroxylation is 1. The molecule has 59 heavy (non-hydrogen) atoms. The number of hydrogen-bond donors (Lipinski definition) is 1. The van der Waals surface area contributed by atoms with Gasteiger partial charge in [0.15, 0.2) is 29.0 Å². The molecule has 4 unspecified atom stereocenters. The molecule has 8 heterocycles. The Morgan fingerprint density at radius 1 is 0.881 bits per heavy atom. The minimum atomic E-state index is 0.0752. The summed E-state index contributed by atoms with van der Waals surface area (Å²) in [6, 6.07) is 31.0. The molecule has 0 aliphatic carbocycles. The number of hydrazine groups is 2. The number of hydrazone groups is 1. The molecule has 0 radical (unpaired) electrons. The Kier molecular flexibility index (Phi) is 9.15. The molecule has 0 amide bonds. The van der Waals surface area contributed by atoms with Crippen LogP contribution in [0.4, 0.5) is 5.69 Å². The largest absolute Gasteiger partial charge is 0.348 e. The minimum absolute atomic E-state index is 0.0752. The summed E-state index contributed by atoms with van der Waals surface area (Å²) in [5.41, 5.74) is 20.9. The van der Waals surface area contributed by atoms with Crippen LogP contribution < -0.4 is 15.0 Å². The normalized spacial score (nSPS) is 27.2. The highest BCUT2D eigenvalue weighted by Crippen LogP contribution is 2.66. The Labute approximate surface area is 350 Å². The van der Waals surface area contributed by atoms with Crippen LogP contribution in [0.2, 0.25) is 0 Å². The predicted octanol–water partition coefficient (Wildman–Crippen LogP) is 7.13. The number of allylic oxidation sites excluding steroid dienone is 8. The third-order valence-corrected chi connectivity index (χ3v) is 14.6. The molecule has 4 atom stereocenters. The third-order valence-electron chi connectivity index (χ3n) is 14.6. The molecule has 3 aromatic carbocycles. The fourth-order valence-electron chi connectivity index (χ4n) is 11.6. The van der Waals surface area contributed by atoms with Gasteiger partial charge in [-0.2, -0.15) is 14.4 Å². The quantitative estimate of drug-likeness (QED) is 0.173. The van der Waals surface area contributed by atoms with Crippen LogP contribution in [-0.4, -0.2) is 78.3 Å². The van der Waals surface area contributed by atoms with Gasteiger partial charge >= 0.3 is 0 Å². The van der Waals surface area contributed by atoms with E-state index >= 15 is 0 Å². The molecule has 7 aliphatic rings. The van der Waals surface area contributed by atoms with Crippen LogP contribution in [0.3, 0.4) is 0 Å². The smallest absolute Gasteiger partial charge is 0.275 e. The zero-order valence-electron chi connectivity index (χ0n) is 35.8. The van der Waals surface area contributed by atoms with Gasteiger partial charge in [-0.25, -0.2) is 0 Å². The second-order valence-electron chi connectivity index (χ2n) is 17.5. The van der Waals surface area contributed by atoms with E-state index in [2.05, 4.69) is 179 Å². The van der Waals surface area contributed by atoms with Gasteiger partial charge in [0.1, 0.15) is 26.7 Å². The monoisotopic (exact) mass is 788 g/mol. The first kappa shape index (κ1) is 37.7. The van der Waals surface area contributed by atoms with Crippen molar-refractivity contribution >= 4 is 11.4 Å². The van der Waals surface area contributed by atoms with Crippen molar-refractivity contribution in [2.45, 2.75) is 79.3 Å². The topological polar surface area (TPSA) is 46.5 Å². The highest BCUT2D eigenvalue weighted by molar-refractivity contribution is 5.97. The molecule has 10 heteroatoms. The van der Waals surface area contributed by atoms with E-state index in [-0.39, 0.29) is 12.3 Å². The average Bonchev–Trinajstić information content (AvgIpc) is 3.93. The van der Waals surface area contributed by atoms with E-state index in [9.17, 15) is 0 Å². The second-order valence-corrected chi connectivity index (χ2v) is 17.5. The standard InChI is InChI=1S/C49H60N10/c1-8-9-26-46-35(2)29-44-48(52(7)51-54(44)31-40-20-12-10-13-21-40)45-30-50-56(32-41-22-14-11-15-23-41)55(45)33-47-53-27-18-19-28-58-34-59(46,39(6)38(58)5)49(58)42-24-16-17-25-43(42)57(47)37(4)36(53)3/h8-17,20-26,47,49-50H,2,18-19,27-34H2,1,3-7H3/q+4/b9-8-,46-26+. The van der Waals surface area contributed by atoms with Crippen molar-refractivity contribution in [2.75, 3.05) is 37.7 Å². The van der Waals surface area contributed by atoms with E-state index in [4.69, 9.17) is 11.8 Å². The summed E-state index contributed by atoms with van der Waals surface area (Å²) in [6.45, 7) is 22.8. The van der Waals surface area contributed by atoms with Crippen LogP contribution in [0.1, 0.15) is 81.7 Å². The molecule has 6 bridgehead atoms. The minimum Gasteiger partial charge on any atom is -0.348 e. The highest BCUT2D eigenvalue weighted by Gasteiger charge is 2.77. The van der Waals surface area contributed by atoms with E-state index in [0.717, 1.165) is 59.5 Å². The van der Waals surface area contributed by atoms with Crippen LogP contribution in [0.25, 0.3) is 0 Å². The zero-order chi connectivity index (χ0) is 40.6. The van der Waals surface area contributed by atoms with Crippen LogP contribution in [-0.2, 0) is 26.6 Å².